The molecule has 126 valence electrons. The molecule has 25 heavy (non-hydrogen) atoms. The minimum absolute atomic E-state index is 0.122. The minimum Gasteiger partial charge on any atom is -0.480 e. The van der Waals surface area contributed by atoms with E-state index in [4.69, 9.17) is 4.74 Å². The first-order chi connectivity index (χ1) is 12.2. The van der Waals surface area contributed by atoms with Crippen molar-refractivity contribution >= 4 is 11.6 Å². The van der Waals surface area contributed by atoms with Gasteiger partial charge in [0.2, 0.25) is 0 Å². The Kier molecular flexibility index (Phi) is 3.93. The van der Waals surface area contributed by atoms with Crippen molar-refractivity contribution < 1.29 is 9.53 Å². The first kappa shape index (κ1) is 15.4. The quantitative estimate of drug-likeness (QED) is 0.799. The summed E-state index contributed by atoms with van der Waals surface area (Å²) in [6.07, 6.45) is 4.32. The Balaban J connectivity index is 1.43. The molecule has 6 heteroatoms. The van der Waals surface area contributed by atoms with Gasteiger partial charge in [0, 0.05) is 11.4 Å². The summed E-state index contributed by atoms with van der Waals surface area (Å²) in [5.41, 5.74) is 4.04. The van der Waals surface area contributed by atoms with Crippen LogP contribution in [0, 0.1) is 6.92 Å². The van der Waals surface area contributed by atoms with E-state index in [1.165, 1.54) is 11.1 Å². The summed E-state index contributed by atoms with van der Waals surface area (Å²) >= 11 is 0. The number of aryl methyl sites for hydroxylation is 2. The smallest absolute Gasteiger partial charge is 0.265 e. The Morgan fingerprint density at radius 2 is 1.92 bits per heavy atom. The maximum Gasteiger partial charge on any atom is 0.265 e. The van der Waals surface area contributed by atoms with Crippen molar-refractivity contribution in [3.05, 3.63) is 66.2 Å². The van der Waals surface area contributed by atoms with Crippen molar-refractivity contribution in [2.24, 2.45) is 0 Å². The van der Waals surface area contributed by atoms with Crippen LogP contribution in [0.25, 0.3) is 5.69 Å². The molecular weight excluding hydrogens is 316 g/mol. The summed E-state index contributed by atoms with van der Waals surface area (Å²) in [6, 6.07) is 13.6. The lowest BCUT2D eigenvalue weighted by Gasteiger charge is -2.25. The summed E-state index contributed by atoms with van der Waals surface area (Å²) in [7, 11) is 0. The predicted octanol–water partition coefficient (Wildman–Crippen LogP) is 2.91. The normalized spacial score (nSPS) is 16.0. The topological polar surface area (TPSA) is 69.0 Å². The number of hydrogen-bond acceptors (Lipinski definition) is 4. The van der Waals surface area contributed by atoms with E-state index >= 15 is 0 Å². The molecule has 0 radical (unpaired) electrons. The molecule has 1 aliphatic rings. The van der Waals surface area contributed by atoms with Crippen LogP contribution in [0.15, 0.2) is 55.1 Å². The van der Waals surface area contributed by atoms with E-state index in [0.717, 1.165) is 23.5 Å². The summed E-state index contributed by atoms with van der Waals surface area (Å²) < 4.78 is 7.67. The molecule has 0 spiro atoms. The van der Waals surface area contributed by atoms with E-state index in [0.29, 0.717) is 6.42 Å². The zero-order valence-electron chi connectivity index (χ0n) is 13.8. The highest BCUT2D eigenvalue weighted by Crippen LogP contribution is 2.28. The average molecular weight is 334 g/mol. The van der Waals surface area contributed by atoms with Crippen molar-refractivity contribution in [1.82, 2.24) is 14.8 Å². The first-order valence-electron chi connectivity index (χ1n) is 8.21. The second-order valence-electron chi connectivity index (χ2n) is 6.16. The Hall–Kier alpha value is -3.15. The summed E-state index contributed by atoms with van der Waals surface area (Å²) in [5.74, 6) is 0.684. The van der Waals surface area contributed by atoms with Crippen molar-refractivity contribution in [3.8, 4) is 11.4 Å². The molecule has 1 amide bonds. The van der Waals surface area contributed by atoms with E-state index in [1.54, 1.807) is 17.2 Å². The molecule has 2 heterocycles. The number of carbonyl (C=O) groups excluding carboxylic acids is 1. The molecule has 0 saturated heterocycles. The van der Waals surface area contributed by atoms with E-state index < -0.39 is 6.10 Å². The van der Waals surface area contributed by atoms with Crippen LogP contribution in [0.3, 0.4) is 0 Å². The number of fused-ring (bicyclic) bond motifs is 1. The Morgan fingerprint density at radius 3 is 2.68 bits per heavy atom. The van der Waals surface area contributed by atoms with E-state index in [1.807, 2.05) is 36.4 Å². The van der Waals surface area contributed by atoms with Crippen molar-refractivity contribution in [1.29, 1.82) is 0 Å². The third-order valence-electron chi connectivity index (χ3n) is 4.31. The van der Waals surface area contributed by atoms with Crippen molar-refractivity contribution in [3.63, 3.8) is 0 Å². The van der Waals surface area contributed by atoms with Crippen LogP contribution in [-0.4, -0.2) is 26.8 Å². The lowest BCUT2D eigenvalue weighted by Crippen LogP contribution is -2.35. The average Bonchev–Trinajstić information content (AvgIpc) is 3.16. The monoisotopic (exact) mass is 334 g/mol. The molecule has 0 bridgehead atoms. The van der Waals surface area contributed by atoms with Gasteiger partial charge in [0.15, 0.2) is 6.10 Å². The zero-order chi connectivity index (χ0) is 17.2. The lowest BCUT2D eigenvalue weighted by atomic mass is 10.00. The van der Waals surface area contributed by atoms with Crippen LogP contribution in [0.5, 0.6) is 5.75 Å². The zero-order valence-corrected chi connectivity index (χ0v) is 13.8. The number of benzene rings is 2. The Labute approximate surface area is 145 Å². The molecule has 3 aromatic rings. The summed E-state index contributed by atoms with van der Waals surface area (Å²) in [6.45, 7) is 2.06. The van der Waals surface area contributed by atoms with Crippen LogP contribution >= 0.6 is 0 Å². The van der Waals surface area contributed by atoms with Crippen LogP contribution < -0.4 is 10.1 Å². The summed E-state index contributed by atoms with van der Waals surface area (Å²) in [4.78, 5) is 12.5. The Bertz CT molecular complexity index is 888. The molecule has 1 N–H and O–H groups in total. The maximum absolute atomic E-state index is 12.5. The molecule has 0 aliphatic carbocycles. The number of aromatic nitrogens is 3. The predicted molar refractivity (Wildman–Crippen MR) is 93.9 cm³/mol. The highest BCUT2D eigenvalue weighted by molar-refractivity contribution is 5.94. The molecular formula is C19H18N4O2. The fraction of sp³-hybridized carbons (Fsp3) is 0.211. The second kappa shape index (κ2) is 6.39. The van der Waals surface area contributed by atoms with Gasteiger partial charge in [-0.25, -0.2) is 0 Å². The second-order valence-corrected chi connectivity index (χ2v) is 6.16. The van der Waals surface area contributed by atoms with Gasteiger partial charge in [0.25, 0.3) is 5.91 Å². The third kappa shape index (κ3) is 3.24. The van der Waals surface area contributed by atoms with Gasteiger partial charge in [0.05, 0.1) is 0 Å². The molecule has 1 aromatic heterocycles. The highest BCUT2D eigenvalue weighted by Gasteiger charge is 2.26. The van der Waals surface area contributed by atoms with Gasteiger partial charge in [-0.15, -0.1) is 10.2 Å². The molecule has 1 atom stereocenters. The van der Waals surface area contributed by atoms with Gasteiger partial charge < -0.3 is 10.1 Å². The van der Waals surface area contributed by atoms with E-state index in [-0.39, 0.29) is 5.91 Å². The molecule has 0 unspecified atom stereocenters. The van der Waals surface area contributed by atoms with Crippen molar-refractivity contribution in [2.45, 2.75) is 25.9 Å². The fourth-order valence-electron chi connectivity index (χ4n) is 2.98. The number of anilines is 1. The third-order valence-corrected chi connectivity index (χ3v) is 4.31. The number of hydrogen-bond donors (Lipinski definition) is 1. The molecule has 0 saturated carbocycles. The molecule has 4 rings (SSSR count). The standard InChI is InChI=1S/C19H18N4O2/c1-13-2-8-17-14(10-13)3-9-18(25-17)19(24)22-15-4-6-16(7-5-15)23-11-20-21-12-23/h2,4-8,10-12,18H,3,9H2,1H3,(H,22,24)/t18-/m0/s1. The molecule has 6 nitrogen and oxygen atoms in total. The molecule has 2 aromatic carbocycles. The van der Waals surface area contributed by atoms with Crippen LogP contribution in [0.2, 0.25) is 0 Å². The lowest BCUT2D eigenvalue weighted by molar-refractivity contribution is -0.123. The van der Waals surface area contributed by atoms with Crippen LogP contribution in [0.1, 0.15) is 17.5 Å². The highest BCUT2D eigenvalue weighted by atomic mass is 16.5. The van der Waals surface area contributed by atoms with Gasteiger partial charge in [-0.3, -0.25) is 9.36 Å². The van der Waals surface area contributed by atoms with Gasteiger partial charge in [-0.1, -0.05) is 17.7 Å². The van der Waals surface area contributed by atoms with Gasteiger partial charge in [0.1, 0.15) is 18.4 Å². The number of nitrogens with zero attached hydrogens (tertiary/aromatic N) is 3. The van der Waals surface area contributed by atoms with Gasteiger partial charge in [-0.05, 0) is 55.7 Å². The largest absolute Gasteiger partial charge is 0.480 e. The number of nitrogens with one attached hydrogen (secondary N) is 1. The van der Waals surface area contributed by atoms with Crippen LogP contribution in [-0.2, 0) is 11.2 Å². The number of amides is 1. The molecule has 0 fully saturated rings. The van der Waals surface area contributed by atoms with Gasteiger partial charge >= 0.3 is 0 Å². The Morgan fingerprint density at radius 1 is 1.16 bits per heavy atom. The van der Waals surface area contributed by atoms with E-state index in [9.17, 15) is 4.79 Å². The van der Waals surface area contributed by atoms with E-state index in [2.05, 4.69) is 28.5 Å². The van der Waals surface area contributed by atoms with Crippen molar-refractivity contribution in [2.75, 3.05) is 5.32 Å². The number of carbonyl (C=O) groups is 1. The maximum atomic E-state index is 12.5. The first-order valence-corrected chi connectivity index (χ1v) is 8.21. The number of rotatable bonds is 3. The number of ether oxygens (including phenoxy) is 1. The fourth-order valence-corrected chi connectivity index (χ4v) is 2.98. The van der Waals surface area contributed by atoms with Crippen LogP contribution in [0.4, 0.5) is 5.69 Å². The summed E-state index contributed by atoms with van der Waals surface area (Å²) in [5, 5.41) is 10.5. The SMILES string of the molecule is Cc1ccc2c(c1)CC[C@@H](C(=O)Nc1ccc(-n3cnnc3)cc1)O2. The minimum atomic E-state index is -0.465. The molecule has 1 aliphatic heterocycles. The van der Waals surface area contributed by atoms with Gasteiger partial charge in [-0.2, -0.15) is 0 Å².